The summed E-state index contributed by atoms with van der Waals surface area (Å²) >= 11 is 0. The van der Waals surface area contributed by atoms with Crippen LogP contribution in [0.25, 0.3) is 0 Å². The van der Waals surface area contributed by atoms with Crippen LogP contribution >= 0.6 is 0 Å². The second-order valence-corrected chi connectivity index (χ2v) is 5.59. The fraction of sp³-hybridized carbons (Fsp3) is 0.588. The number of nitrogens with zero attached hydrogens (tertiary/aromatic N) is 2. The SMILES string of the molecule is CCCN1CCC(NCc2ccc(OCC#N)cc2)CC1. The number of hydrogen-bond donors (Lipinski definition) is 1. The van der Waals surface area contributed by atoms with Gasteiger partial charge in [0.25, 0.3) is 0 Å². The van der Waals surface area contributed by atoms with Gasteiger partial charge in [-0.05, 0) is 56.6 Å². The molecular formula is C17H25N3O. The van der Waals surface area contributed by atoms with Crippen LogP contribution in [0.3, 0.4) is 0 Å². The van der Waals surface area contributed by atoms with E-state index in [1.54, 1.807) is 0 Å². The number of piperidine rings is 1. The fourth-order valence-corrected chi connectivity index (χ4v) is 2.76. The molecule has 1 aliphatic heterocycles. The summed E-state index contributed by atoms with van der Waals surface area (Å²) in [6, 6.07) is 10.6. The number of rotatable bonds is 7. The van der Waals surface area contributed by atoms with E-state index in [0.717, 1.165) is 12.3 Å². The molecule has 0 radical (unpaired) electrons. The zero-order valence-corrected chi connectivity index (χ0v) is 12.8. The van der Waals surface area contributed by atoms with Gasteiger partial charge in [0.15, 0.2) is 6.61 Å². The van der Waals surface area contributed by atoms with Crippen LogP contribution < -0.4 is 10.1 Å². The van der Waals surface area contributed by atoms with Crippen LogP contribution in [0.5, 0.6) is 5.75 Å². The highest BCUT2D eigenvalue weighted by Crippen LogP contribution is 2.14. The van der Waals surface area contributed by atoms with Crippen LogP contribution in [0.15, 0.2) is 24.3 Å². The van der Waals surface area contributed by atoms with Crippen molar-refractivity contribution in [3.63, 3.8) is 0 Å². The Morgan fingerprint density at radius 3 is 2.62 bits per heavy atom. The average Bonchev–Trinajstić information content (AvgIpc) is 2.53. The van der Waals surface area contributed by atoms with Gasteiger partial charge in [0.1, 0.15) is 11.8 Å². The number of hydrogen-bond acceptors (Lipinski definition) is 4. The molecule has 4 heteroatoms. The maximum absolute atomic E-state index is 8.47. The monoisotopic (exact) mass is 287 g/mol. The van der Waals surface area contributed by atoms with Crippen molar-refractivity contribution in [3.8, 4) is 11.8 Å². The van der Waals surface area contributed by atoms with E-state index in [-0.39, 0.29) is 6.61 Å². The third-order valence-corrected chi connectivity index (χ3v) is 3.95. The maximum atomic E-state index is 8.47. The van der Waals surface area contributed by atoms with Gasteiger partial charge in [0.05, 0.1) is 0 Å². The minimum Gasteiger partial charge on any atom is -0.479 e. The van der Waals surface area contributed by atoms with Gasteiger partial charge in [0.2, 0.25) is 0 Å². The Morgan fingerprint density at radius 2 is 2.00 bits per heavy atom. The second kappa shape index (κ2) is 8.66. The van der Waals surface area contributed by atoms with Crippen molar-refractivity contribution in [3.05, 3.63) is 29.8 Å². The Kier molecular flexibility index (Phi) is 6.52. The van der Waals surface area contributed by atoms with Crippen molar-refractivity contribution in [2.75, 3.05) is 26.2 Å². The number of nitrogens with one attached hydrogen (secondary N) is 1. The van der Waals surface area contributed by atoms with Crippen LogP contribution in [-0.2, 0) is 6.54 Å². The molecule has 0 aromatic heterocycles. The molecule has 1 saturated heterocycles. The smallest absolute Gasteiger partial charge is 0.174 e. The zero-order chi connectivity index (χ0) is 14.9. The molecule has 1 heterocycles. The number of benzene rings is 1. The van der Waals surface area contributed by atoms with Crippen LogP contribution in [-0.4, -0.2) is 37.2 Å². The summed E-state index contributed by atoms with van der Waals surface area (Å²) < 4.78 is 5.25. The predicted molar refractivity (Wildman–Crippen MR) is 84.1 cm³/mol. The van der Waals surface area contributed by atoms with Crippen molar-refractivity contribution in [1.82, 2.24) is 10.2 Å². The van der Waals surface area contributed by atoms with Crippen LogP contribution in [0, 0.1) is 11.3 Å². The second-order valence-electron chi connectivity index (χ2n) is 5.59. The maximum Gasteiger partial charge on any atom is 0.174 e. The van der Waals surface area contributed by atoms with Gasteiger partial charge in [-0.2, -0.15) is 5.26 Å². The van der Waals surface area contributed by atoms with E-state index >= 15 is 0 Å². The van der Waals surface area contributed by atoms with Crippen LogP contribution in [0.4, 0.5) is 0 Å². The first-order valence-electron chi connectivity index (χ1n) is 7.86. The van der Waals surface area contributed by atoms with E-state index in [9.17, 15) is 0 Å². The van der Waals surface area contributed by atoms with Gasteiger partial charge in [-0.1, -0.05) is 19.1 Å². The standard InChI is InChI=1S/C17H25N3O/c1-2-10-20-11-7-16(8-12-20)19-14-15-3-5-17(6-4-15)21-13-9-18/h3-6,16,19H,2,7-8,10-14H2,1H3. The summed E-state index contributed by atoms with van der Waals surface area (Å²) in [5.74, 6) is 0.758. The molecule has 21 heavy (non-hydrogen) atoms. The van der Waals surface area contributed by atoms with Gasteiger partial charge >= 0.3 is 0 Å². The van der Waals surface area contributed by atoms with E-state index < -0.39 is 0 Å². The Morgan fingerprint density at radius 1 is 1.29 bits per heavy atom. The van der Waals surface area contributed by atoms with Crippen molar-refractivity contribution in [2.45, 2.75) is 38.8 Å². The molecule has 1 aromatic rings. The highest BCUT2D eigenvalue weighted by atomic mass is 16.5. The Balaban J connectivity index is 1.70. The van der Waals surface area contributed by atoms with Gasteiger partial charge in [-0.25, -0.2) is 0 Å². The Labute approximate surface area is 127 Å². The molecule has 0 atom stereocenters. The quantitative estimate of drug-likeness (QED) is 0.837. The molecule has 0 aliphatic carbocycles. The normalized spacial score (nSPS) is 16.6. The minimum absolute atomic E-state index is 0.105. The molecule has 1 aromatic carbocycles. The molecule has 1 N–H and O–H groups in total. The Bertz CT molecular complexity index is 444. The molecule has 0 unspecified atom stereocenters. The van der Waals surface area contributed by atoms with Gasteiger partial charge in [-0.15, -0.1) is 0 Å². The molecule has 2 rings (SSSR count). The lowest BCUT2D eigenvalue weighted by Gasteiger charge is -2.32. The molecule has 114 valence electrons. The first kappa shape index (κ1) is 15.8. The summed E-state index contributed by atoms with van der Waals surface area (Å²) in [5, 5.41) is 12.1. The van der Waals surface area contributed by atoms with Gasteiger partial charge in [0, 0.05) is 12.6 Å². The number of nitriles is 1. The molecular weight excluding hydrogens is 262 g/mol. The molecule has 0 saturated carbocycles. The molecule has 0 amide bonds. The molecule has 4 nitrogen and oxygen atoms in total. The van der Waals surface area contributed by atoms with E-state index in [4.69, 9.17) is 10.00 Å². The third kappa shape index (κ3) is 5.37. The first-order valence-corrected chi connectivity index (χ1v) is 7.86. The number of likely N-dealkylation sites (tertiary alicyclic amines) is 1. The fourth-order valence-electron chi connectivity index (χ4n) is 2.76. The average molecular weight is 287 g/mol. The lowest BCUT2D eigenvalue weighted by atomic mass is 10.0. The summed E-state index contributed by atoms with van der Waals surface area (Å²) in [4.78, 5) is 2.56. The van der Waals surface area contributed by atoms with E-state index in [1.165, 1.54) is 44.5 Å². The van der Waals surface area contributed by atoms with Crippen LogP contribution in [0.2, 0.25) is 0 Å². The Hall–Kier alpha value is -1.57. The molecule has 0 spiro atoms. The summed E-state index contributed by atoms with van der Waals surface area (Å²) in [5.41, 5.74) is 1.26. The van der Waals surface area contributed by atoms with E-state index in [1.807, 2.05) is 18.2 Å². The van der Waals surface area contributed by atoms with Crippen molar-refractivity contribution in [1.29, 1.82) is 5.26 Å². The topological polar surface area (TPSA) is 48.3 Å². The summed E-state index contributed by atoms with van der Waals surface area (Å²) in [7, 11) is 0. The lowest BCUT2D eigenvalue weighted by molar-refractivity contribution is 0.197. The summed E-state index contributed by atoms with van der Waals surface area (Å²) in [6.45, 7) is 6.91. The molecule has 0 bridgehead atoms. The van der Waals surface area contributed by atoms with Crippen LogP contribution in [0.1, 0.15) is 31.7 Å². The molecule has 1 fully saturated rings. The van der Waals surface area contributed by atoms with Crippen molar-refractivity contribution < 1.29 is 4.74 Å². The van der Waals surface area contributed by atoms with Gasteiger partial charge < -0.3 is 15.0 Å². The lowest BCUT2D eigenvalue weighted by Crippen LogP contribution is -2.42. The third-order valence-electron chi connectivity index (χ3n) is 3.95. The van der Waals surface area contributed by atoms with Crippen molar-refractivity contribution >= 4 is 0 Å². The predicted octanol–water partition coefficient (Wildman–Crippen LogP) is 2.55. The summed E-state index contributed by atoms with van der Waals surface area (Å²) in [6.07, 6.45) is 3.73. The molecule has 1 aliphatic rings. The zero-order valence-electron chi connectivity index (χ0n) is 12.8. The largest absolute Gasteiger partial charge is 0.479 e. The van der Waals surface area contributed by atoms with E-state index in [0.29, 0.717) is 6.04 Å². The highest BCUT2D eigenvalue weighted by Gasteiger charge is 2.17. The highest BCUT2D eigenvalue weighted by molar-refractivity contribution is 5.27. The van der Waals surface area contributed by atoms with Crippen molar-refractivity contribution in [2.24, 2.45) is 0 Å². The first-order chi connectivity index (χ1) is 10.3. The van der Waals surface area contributed by atoms with E-state index in [2.05, 4.69) is 29.3 Å². The van der Waals surface area contributed by atoms with Gasteiger partial charge in [-0.3, -0.25) is 0 Å². The minimum atomic E-state index is 0.105. The number of ether oxygens (including phenoxy) is 1.